The molecule has 4 heteroatoms. The Kier molecular flexibility index (Phi) is 2.58. The number of nitrogens with one attached hydrogen (secondary N) is 1. The first-order chi connectivity index (χ1) is 7.29. The Morgan fingerprint density at radius 2 is 2.00 bits per heavy atom. The minimum absolute atomic E-state index is 0.151. The number of nitrogens with zero attached hydrogens (tertiary/aromatic N) is 1. The zero-order valence-electron chi connectivity index (χ0n) is 7.90. The largest absolute Gasteiger partial charge is 0.307 e. The van der Waals surface area contributed by atoms with Crippen LogP contribution in [0.15, 0.2) is 41.2 Å². The van der Waals surface area contributed by atoms with Gasteiger partial charge in [0.15, 0.2) is 0 Å². The number of aromatic amines is 1. The van der Waals surface area contributed by atoms with Crippen molar-refractivity contribution in [1.29, 1.82) is 0 Å². The second kappa shape index (κ2) is 4.04. The van der Waals surface area contributed by atoms with Crippen molar-refractivity contribution >= 4 is 0 Å². The van der Waals surface area contributed by atoms with Gasteiger partial charge in [0.25, 0.3) is 5.56 Å². The van der Waals surface area contributed by atoms with Gasteiger partial charge >= 0.3 is 0 Å². The lowest BCUT2D eigenvalue weighted by Gasteiger charge is -2.01. The maximum absolute atomic E-state index is 12.4. The van der Waals surface area contributed by atoms with Crippen LogP contribution in [0, 0.1) is 0 Å². The molecule has 15 heavy (non-hydrogen) atoms. The van der Waals surface area contributed by atoms with Gasteiger partial charge in [-0.1, -0.05) is 30.3 Å². The van der Waals surface area contributed by atoms with E-state index in [0.29, 0.717) is 5.82 Å². The van der Waals surface area contributed by atoms with Crippen LogP contribution in [0.2, 0.25) is 0 Å². The summed E-state index contributed by atoms with van der Waals surface area (Å²) in [5.41, 5.74) is 0.582. The van der Waals surface area contributed by atoms with Crippen molar-refractivity contribution < 1.29 is 4.39 Å². The number of hydrogen-bond donors (Lipinski definition) is 1. The molecule has 0 saturated carbocycles. The maximum Gasteiger partial charge on any atom is 0.251 e. The van der Waals surface area contributed by atoms with Crippen molar-refractivity contribution in [2.75, 3.05) is 0 Å². The van der Waals surface area contributed by atoms with Crippen LogP contribution < -0.4 is 5.56 Å². The van der Waals surface area contributed by atoms with Crippen molar-refractivity contribution in [2.24, 2.45) is 0 Å². The predicted molar refractivity (Wildman–Crippen MR) is 55.1 cm³/mol. The molecule has 1 aromatic carbocycles. The van der Waals surface area contributed by atoms with E-state index < -0.39 is 6.67 Å². The molecule has 0 radical (unpaired) electrons. The summed E-state index contributed by atoms with van der Waals surface area (Å²) in [7, 11) is 0. The maximum atomic E-state index is 12.4. The van der Waals surface area contributed by atoms with Crippen LogP contribution in [0.4, 0.5) is 4.39 Å². The Bertz CT molecular complexity index is 507. The fourth-order valence-electron chi connectivity index (χ4n) is 1.31. The second-order valence-electron chi connectivity index (χ2n) is 3.08. The summed E-state index contributed by atoms with van der Waals surface area (Å²) in [6.45, 7) is -0.732. The smallest absolute Gasteiger partial charge is 0.251 e. The normalized spacial score (nSPS) is 10.2. The Hall–Kier alpha value is -1.97. The van der Waals surface area contributed by atoms with Crippen molar-refractivity contribution in [2.45, 2.75) is 6.67 Å². The van der Waals surface area contributed by atoms with E-state index in [9.17, 15) is 9.18 Å². The lowest BCUT2D eigenvalue weighted by Crippen LogP contribution is -2.09. The Morgan fingerprint density at radius 1 is 1.27 bits per heavy atom. The molecular weight excluding hydrogens is 195 g/mol. The van der Waals surface area contributed by atoms with Crippen LogP contribution in [0.25, 0.3) is 11.4 Å². The van der Waals surface area contributed by atoms with Crippen LogP contribution in [-0.2, 0) is 6.67 Å². The van der Waals surface area contributed by atoms with E-state index in [-0.39, 0.29) is 11.3 Å². The van der Waals surface area contributed by atoms with Crippen molar-refractivity contribution in [3.05, 3.63) is 52.4 Å². The summed E-state index contributed by atoms with van der Waals surface area (Å²) < 4.78 is 12.4. The molecule has 1 N–H and O–H groups in total. The van der Waals surface area contributed by atoms with E-state index in [4.69, 9.17) is 0 Å². The number of alkyl halides is 1. The van der Waals surface area contributed by atoms with Gasteiger partial charge in [0, 0.05) is 11.6 Å². The summed E-state index contributed by atoms with van der Waals surface area (Å²) in [6, 6.07) is 10.3. The molecule has 0 spiro atoms. The zero-order valence-corrected chi connectivity index (χ0v) is 7.90. The molecule has 0 aliphatic rings. The number of halogens is 1. The number of hydrogen-bond acceptors (Lipinski definition) is 2. The van der Waals surface area contributed by atoms with Crippen LogP contribution in [0.3, 0.4) is 0 Å². The highest BCUT2D eigenvalue weighted by atomic mass is 19.1. The van der Waals surface area contributed by atoms with Gasteiger partial charge in [0.1, 0.15) is 12.5 Å². The van der Waals surface area contributed by atoms with Gasteiger partial charge in [0.2, 0.25) is 0 Å². The first-order valence-corrected chi connectivity index (χ1v) is 4.51. The van der Waals surface area contributed by atoms with Crippen molar-refractivity contribution in [3.8, 4) is 11.4 Å². The molecular formula is C11H9FN2O. The zero-order chi connectivity index (χ0) is 10.7. The molecule has 0 fully saturated rings. The number of benzene rings is 1. The van der Waals surface area contributed by atoms with Gasteiger partial charge in [-0.15, -0.1) is 0 Å². The lowest BCUT2D eigenvalue weighted by atomic mass is 10.2. The van der Waals surface area contributed by atoms with Crippen molar-refractivity contribution in [1.82, 2.24) is 9.97 Å². The van der Waals surface area contributed by atoms with E-state index in [2.05, 4.69) is 9.97 Å². The van der Waals surface area contributed by atoms with Gasteiger partial charge in [0.05, 0.1) is 5.69 Å². The third kappa shape index (κ3) is 2.10. The van der Waals surface area contributed by atoms with Gasteiger partial charge in [-0.05, 0) is 0 Å². The first kappa shape index (κ1) is 9.58. The van der Waals surface area contributed by atoms with Gasteiger partial charge < -0.3 is 4.98 Å². The van der Waals surface area contributed by atoms with Gasteiger partial charge in [-0.2, -0.15) is 0 Å². The fourth-order valence-corrected chi connectivity index (χ4v) is 1.31. The number of H-pyrrole nitrogens is 1. The molecule has 0 atom stereocenters. The fraction of sp³-hybridized carbons (Fsp3) is 0.0909. The minimum Gasteiger partial charge on any atom is -0.307 e. The summed E-state index contributed by atoms with van der Waals surface area (Å²) in [4.78, 5) is 17.7. The average molecular weight is 204 g/mol. The minimum atomic E-state index is -0.732. The third-order valence-corrected chi connectivity index (χ3v) is 1.98. The predicted octanol–water partition coefficient (Wildman–Crippen LogP) is 1.91. The Morgan fingerprint density at radius 3 is 2.67 bits per heavy atom. The highest BCUT2D eigenvalue weighted by Gasteiger charge is 2.02. The molecule has 0 amide bonds. The third-order valence-electron chi connectivity index (χ3n) is 1.98. The van der Waals surface area contributed by atoms with Crippen LogP contribution in [0.5, 0.6) is 0 Å². The summed E-state index contributed by atoms with van der Waals surface area (Å²) in [5.74, 6) is 0.399. The molecule has 0 saturated heterocycles. The quantitative estimate of drug-likeness (QED) is 0.812. The highest BCUT2D eigenvalue weighted by molar-refractivity contribution is 5.54. The highest BCUT2D eigenvalue weighted by Crippen LogP contribution is 2.12. The summed E-state index contributed by atoms with van der Waals surface area (Å²) >= 11 is 0. The van der Waals surface area contributed by atoms with E-state index in [0.717, 1.165) is 11.6 Å². The number of aromatic nitrogens is 2. The van der Waals surface area contributed by atoms with Crippen LogP contribution >= 0.6 is 0 Å². The number of rotatable bonds is 2. The standard InChI is InChI=1S/C11H9FN2O/c12-7-9-6-10(15)14-11(13-9)8-4-2-1-3-5-8/h1-6H,7H2,(H,13,14,15). The van der Waals surface area contributed by atoms with Gasteiger partial charge in [-0.3, -0.25) is 4.79 Å². The van der Waals surface area contributed by atoms with Gasteiger partial charge in [-0.25, -0.2) is 9.37 Å². The molecule has 1 heterocycles. The molecule has 2 rings (SSSR count). The van der Waals surface area contributed by atoms with Crippen LogP contribution in [0.1, 0.15) is 5.69 Å². The molecule has 0 unspecified atom stereocenters. The SMILES string of the molecule is O=c1cc(CF)nc(-c2ccccc2)[nH]1. The van der Waals surface area contributed by atoms with Crippen LogP contribution in [-0.4, -0.2) is 9.97 Å². The molecule has 76 valence electrons. The topological polar surface area (TPSA) is 45.8 Å². The molecule has 2 aromatic rings. The Labute approximate surface area is 85.6 Å². The van der Waals surface area contributed by atoms with E-state index in [1.165, 1.54) is 0 Å². The van der Waals surface area contributed by atoms with E-state index in [1.807, 2.05) is 18.2 Å². The second-order valence-corrected chi connectivity index (χ2v) is 3.08. The molecule has 1 aromatic heterocycles. The first-order valence-electron chi connectivity index (χ1n) is 4.51. The molecule has 0 aliphatic heterocycles. The monoisotopic (exact) mass is 204 g/mol. The van der Waals surface area contributed by atoms with E-state index >= 15 is 0 Å². The molecule has 0 bridgehead atoms. The van der Waals surface area contributed by atoms with Crippen molar-refractivity contribution in [3.63, 3.8) is 0 Å². The van der Waals surface area contributed by atoms with E-state index in [1.54, 1.807) is 12.1 Å². The summed E-state index contributed by atoms with van der Waals surface area (Å²) in [6.07, 6.45) is 0. The lowest BCUT2D eigenvalue weighted by molar-refractivity contribution is 0.475. The molecule has 0 aliphatic carbocycles. The average Bonchev–Trinajstić information content (AvgIpc) is 2.29. The molecule has 3 nitrogen and oxygen atoms in total. The Balaban J connectivity index is 2.54. The summed E-state index contributed by atoms with van der Waals surface area (Å²) in [5, 5.41) is 0.